The molecule has 2 N–H and O–H groups in total. The number of likely N-dealkylation sites (N-methyl/N-ethyl adjacent to an activating group) is 1. The predicted molar refractivity (Wildman–Crippen MR) is 136 cm³/mol. The number of aromatic hydroxyl groups is 1. The lowest BCUT2D eigenvalue weighted by Gasteiger charge is -2.67. The second-order valence-electron chi connectivity index (χ2n) is 10.8. The van der Waals surface area contributed by atoms with Gasteiger partial charge in [0, 0.05) is 36.8 Å². The average molecular weight is 491 g/mol. The van der Waals surface area contributed by atoms with Gasteiger partial charge in [0.25, 0.3) is 0 Å². The van der Waals surface area contributed by atoms with Crippen molar-refractivity contribution in [1.82, 2.24) is 9.80 Å². The molecule has 190 valence electrons. The Morgan fingerprint density at radius 1 is 1.36 bits per heavy atom. The summed E-state index contributed by atoms with van der Waals surface area (Å²) in [5.41, 5.74) is 1.18. The summed E-state index contributed by atoms with van der Waals surface area (Å²) in [6.45, 7) is 7.60. The summed E-state index contributed by atoms with van der Waals surface area (Å²) in [7, 11) is 1.82. The molecule has 1 amide bonds. The van der Waals surface area contributed by atoms with Crippen molar-refractivity contribution in [3.63, 3.8) is 0 Å². The van der Waals surface area contributed by atoms with E-state index in [-0.39, 0.29) is 29.7 Å². The highest BCUT2D eigenvalue weighted by Crippen LogP contribution is 2.67. The van der Waals surface area contributed by atoms with Gasteiger partial charge in [-0.3, -0.25) is 9.69 Å². The molecule has 1 saturated carbocycles. The second kappa shape index (κ2) is 8.25. The summed E-state index contributed by atoms with van der Waals surface area (Å²) in [6, 6.07) is 5.16. The first kappa shape index (κ1) is 23.4. The number of nitrogens with zero attached hydrogens (tertiary/aromatic N) is 2. The van der Waals surface area contributed by atoms with Gasteiger partial charge >= 0.3 is 0 Å². The first-order valence-electron chi connectivity index (χ1n) is 12.9. The van der Waals surface area contributed by atoms with Gasteiger partial charge in [-0.2, -0.15) is 0 Å². The highest BCUT2D eigenvalue weighted by Gasteiger charge is 2.75. The number of hydrogen-bond acceptors (Lipinski definition) is 6. The van der Waals surface area contributed by atoms with Crippen LogP contribution in [0.15, 0.2) is 53.9 Å². The Kier molecular flexibility index (Phi) is 5.36. The van der Waals surface area contributed by atoms with Crippen molar-refractivity contribution >= 4 is 12.0 Å². The van der Waals surface area contributed by atoms with Crippen molar-refractivity contribution in [2.75, 3.05) is 20.1 Å². The van der Waals surface area contributed by atoms with Gasteiger partial charge in [0.15, 0.2) is 11.5 Å². The molecular formula is C29H34N2O5. The van der Waals surface area contributed by atoms with Gasteiger partial charge < -0.3 is 24.3 Å². The van der Waals surface area contributed by atoms with Crippen molar-refractivity contribution in [1.29, 1.82) is 0 Å². The number of aliphatic hydroxyl groups is 1. The third-order valence-electron chi connectivity index (χ3n) is 9.43. The van der Waals surface area contributed by atoms with Crippen LogP contribution < -0.4 is 4.74 Å². The van der Waals surface area contributed by atoms with Crippen LogP contribution in [-0.2, 0) is 16.6 Å². The van der Waals surface area contributed by atoms with Crippen molar-refractivity contribution in [2.45, 2.75) is 61.8 Å². The third kappa shape index (κ3) is 2.90. The fourth-order valence-corrected chi connectivity index (χ4v) is 7.88. The van der Waals surface area contributed by atoms with Gasteiger partial charge in [-0.25, -0.2) is 0 Å². The number of rotatable bonds is 6. The molecule has 6 atom stereocenters. The van der Waals surface area contributed by atoms with Crippen molar-refractivity contribution in [2.24, 2.45) is 5.92 Å². The first-order valence-corrected chi connectivity index (χ1v) is 12.9. The van der Waals surface area contributed by atoms with E-state index in [0.717, 1.165) is 29.7 Å². The normalized spacial score (nSPS) is 34.3. The molecule has 2 bridgehead atoms. The van der Waals surface area contributed by atoms with Crippen LogP contribution in [0.5, 0.6) is 11.5 Å². The lowest BCUT2D eigenvalue weighted by molar-refractivity contribution is -0.226. The van der Waals surface area contributed by atoms with Crippen molar-refractivity contribution < 1.29 is 24.2 Å². The summed E-state index contributed by atoms with van der Waals surface area (Å²) >= 11 is 0. The Hall–Kier alpha value is -3.03. The fourth-order valence-electron chi connectivity index (χ4n) is 7.88. The van der Waals surface area contributed by atoms with E-state index in [4.69, 9.17) is 9.15 Å². The molecule has 2 fully saturated rings. The Balaban J connectivity index is 1.47. The minimum Gasteiger partial charge on any atom is -0.504 e. The quantitative estimate of drug-likeness (QED) is 0.476. The van der Waals surface area contributed by atoms with Gasteiger partial charge in [-0.15, -0.1) is 6.58 Å². The summed E-state index contributed by atoms with van der Waals surface area (Å²) in [5.74, 6) is 0.434. The molecule has 0 radical (unpaired) electrons. The zero-order valence-corrected chi connectivity index (χ0v) is 20.9. The number of piperidine rings is 1. The SMILES string of the molecule is C=CCN1CC[C@]23c4c5ccc(O)c4OC2C(N(C)C(=O)/C=C/c2ccoc2)CC(CC)[C@@]3(O)[C@H]1C5. The summed E-state index contributed by atoms with van der Waals surface area (Å²) < 4.78 is 11.7. The third-order valence-corrected chi connectivity index (χ3v) is 9.43. The van der Waals surface area contributed by atoms with Crippen LogP contribution in [-0.4, -0.2) is 69.8 Å². The average Bonchev–Trinajstić information content (AvgIpc) is 3.51. The van der Waals surface area contributed by atoms with E-state index in [1.54, 1.807) is 41.7 Å². The van der Waals surface area contributed by atoms with E-state index in [2.05, 4.69) is 18.4 Å². The maximum atomic E-state index is 13.3. The van der Waals surface area contributed by atoms with Crippen molar-refractivity contribution in [3.05, 3.63) is 66.1 Å². The Morgan fingerprint density at radius 3 is 2.92 bits per heavy atom. The smallest absolute Gasteiger partial charge is 0.246 e. The molecule has 2 aliphatic heterocycles. The number of benzene rings is 1. The molecule has 1 spiro atoms. The zero-order valence-electron chi connectivity index (χ0n) is 20.9. The van der Waals surface area contributed by atoms with E-state index >= 15 is 0 Å². The number of hydrogen-bond donors (Lipinski definition) is 2. The minimum absolute atomic E-state index is 0.0329. The molecule has 36 heavy (non-hydrogen) atoms. The molecular weight excluding hydrogens is 456 g/mol. The number of furan rings is 1. The molecule has 7 heteroatoms. The Bertz CT molecular complexity index is 1220. The van der Waals surface area contributed by atoms with E-state index < -0.39 is 17.1 Å². The van der Waals surface area contributed by atoms with Crippen LogP contribution in [0.2, 0.25) is 0 Å². The Labute approximate surface area is 211 Å². The molecule has 1 aromatic heterocycles. The molecule has 7 nitrogen and oxygen atoms in total. The summed E-state index contributed by atoms with van der Waals surface area (Å²) in [4.78, 5) is 17.5. The number of carbonyl (C=O) groups excluding carboxylic acids is 1. The molecule has 6 rings (SSSR count). The lowest BCUT2D eigenvalue weighted by atomic mass is 9.45. The van der Waals surface area contributed by atoms with Crippen LogP contribution in [0.25, 0.3) is 6.08 Å². The zero-order chi connectivity index (χ0) is 25.2. The molecule has 2 aromatic rings. The van der Waals surface area contributed by atoms with Crippen LogP contribution in [0.1, 0.15) is 42.9 Å². The number of phenols is 1. The van der Waals surface area contributed by atoms with Gasteiger partial charge in [-0.1, -0.05) is 25.5 Å². The maximum Gasteiger partial charge on any atom is 0.246 e. The number of ether oxygens (including phenoxy) is 1. The van der Waals surface area contributed by atoms with Crippen LogP contribution >= 0.6 is 0 Å². The summed E-state index contributed by atoms with van der Waals surface area (Å²) in [6.07, 6.45) is 10.8. The maximum absolute atomic E-state index is 13.3. The number of likely N-dealkylation sites (tertiary alicyclic amines) is 1. The summed E-state index contributed by atoms with van der Waals surface area (Å²) in [5, 5.41) is 23.7. The highest BCUT2D eigenvalue weighted by molar-refractivity contribution is 5.92. The largest absolute Gasteiger partial charge is 0.504 e. The monoisotopic (exact) mass is 490 g/mol. The minimum atomic E-state index is -1.03. The number of amides is 1. The highest BCUT2D eigenvalue weighted by atomic mass is 16.5. The standard InChI is InChI=1S/C29H34N2O5/c1-4-12-31-13-11-28-25-19-7-8-22(32)26(25)36-27(28)21(16-20(5-2)29(28,34)23(31)15-19)30(3)24(33)9-6-18-10-14-35-17-18/h4,6-10,14,17,20-21,23,27,32,34H,1,5,11-13,15-16H2,2-3H3/b9-6+/t20?,21?,23-,27?,28+,29-/m1/s1. The van der Waals surface area contributed by atoms with Gasteiger partial charge in [0.2, 0.25) is 5.91 Å². The van der Waals surface area contributed by atoms with Gasteiger partial charge in [-0.05, 0) is 55.5 Å². The Morgan fingerprint density at radius 2 is 2.19 bits per heavy atom. The first-order chi connectivity index (χ1) is 17.4. The van der Waals surface area contributed by atoms with E-state index in [9.17, 15) is 15.0 Å². The molecule has 4 aliphatic rings. The van der Waals surface area contributed by atoms with Gasteiger partial charge in [0.1, 0.15) is 6.10 Å². The fraction of sp³-hybridized carbons (Fsp3) is 0.483. The molecule has 2 aliphatic carbocycles. The predicted octanol–water partition coefficient (Wildman–Crippen LogP) is 3.50. The van der Waals surface area contributed by atoms with E-state index in [0.29, 0.717) is 31.6 Å². The van der Waals surface area contributed by atoms with Crippen LogP contribution in [0.4, 0.5) is 0 Å². The lowest BCUT2D eigenvalue weighted by Crippen LogP contribution is -2.80. The topological polar surface area (TPSA) is 86.4 Å². The van der Waals surface area contributed by atoms with E-state index in [1.165, 1.54) is 0 Å². The van der Waals surface area contributed by atoms with Crippen molar-refractivity contribution in [3.8, 4) is 11.5 Å². The van der Waals surface area contributed by atoms with Gasteiger partial charge in [0.05, 0.1) is 29.6 Å². The van der Waals surface area contributed by atoms with Crippen LogP contribution in [0.3, 0.4) is 0 Å². The van der Waals surface area contributed by atoms with Crippen LogP contribution in [0, 0.1) is 5.92 Å². The molecule has 3 heterocycles. The number of phenolic OH excluding ortho intramolecular Hbond substituents is 1. The molecule has 3 unspecified atom stereocenters. The molecule has 1 saturated heterocycles. The second-order valence-corrected chi connectivity index (χ2v) is 10.8. The number of carbonyl (C=O) groups is 1. The van der Waals surface area contributed by atoms with E-state index in [1.807, 2.05) is 19.2 Å². The molecule has 1 aromatic carbocycles.